The summed E-state index contributed by atoms with van der Waals surface area (Å²) in [4.78, 5) is 12.9. The second kappa shape index (κ2) is 7.70. The highest BCUT2D eigenvalue weighted by Crippen LogP contribution is 2.35. The molecule has 3 aromatic carbocycles. The standard InChI is InChI=1S/C24H21ClN2O3S/c25-20-11-9-18(24(28)26-21-12-10-16-5-1-3-7-19(16)21)15-23(20)31(29,30)27-14-13-17-6-2-4-8-22(17)27/h1-9,11,15,21H,10,12-14H2,(H,26,28). The summed E-state index contributed by atoms with van der Waals surface area (Å²) < 4.78 is 28.2. The van der Waals surface area contributed by atoms with E-state index in [9.17, 15) is 13.2 Å². The van der Waals surface area contributed by atoms with Crippen LogP contribution in [0.25, 0.3) is 0 Å². The molecular formula is C24H21ClN2O3S. The maximum absolute atomic E-state index is 13.4. The normalized spacial score (nSPS) is 17.3. The Kier molecular flexibility index (Phi) is 4.99. The van der Waals surface area contributed by atoms with Crippen molar-refractivity contribution in [2.75, 3.05) is 10.8 Å². The number of para-hydroxylation sites is 1. The van der Waals surface area contributed by atoms with E-state index in [1.54, 1.807) is 12.1 Å². The van der Waals surface area contributed by atoms with Crippen LogP contribution in [0.2, 0.25) is 5.02 Å². The summed E-state index contributed by atoms with van der Waals surface area (Å²) in [6.45, 7) is 0.354. The molecule has 1 aliphatic carbocycles. The Balaban J connectivity index is 1.44. The van der Waals surface area contributed by atoms with Crippen LogP contribution in [0.1, 0.15) is 39.5 Å². The van der Waals surface area contributed by atoms with Gasteiger partial charge in [-0.1, -0.05) is 54.1 Å². The number of hydrogen-bond donors (Lipinski definition) is 1. The van der Waals surface area contributed by atoms with Crippen LogP contribution in [-0.4, -0.2) is 20.9 Å². The average molecular weight is 453 g/mol. The molecule has 1 atom stereocenters. The molecule has 1 unspecified atom stereocenters. The number of anilines is 1. The van der Waals surface area contributed by atoms with Crippen molar-refractivity contribution in [2.45, 2.75) is 30.2 Å². The first kappa shape index (κ1) is 20.1. The number of carbonyl (C=O) groups is 1. The van der Waals surface area contributed by atoms with E-state index >= 15 is 0 Å². The molecule has 0 aromatic heterocycles. The van der Waals surface area contributed by atoms with E-state index in [4.69, 9.17) is 11.6 Å². The molecule has 0 radical (unpaired) electrons. The van der Waals surface area contributed by atoms with Gasteiger partial charge in [-0.05, 0) is 60.2 Å². The summed E-state index contributed by atoms with van der Waals surface area (Å²) in [6.07, 6.45) is 2.39. The number of carbonyl (C=O) groups excluding carboxylic acids is 1. The zero-order valence-electron chi connectivity index (χ0n) is 16.7. The second-order valence-corrected chi connectivity index (χ2v) is 10.1. The number of benzene rings is 3. The van der Waals surface area contributed by atoms with Crippen LogP contribution >= 0.6 is 11.6 Å². The molecule has 1 heterocycles. The molecule has 31 heavy (non-hydrogen) atoms. The highest BCUT2D eigenvalue weighted by Gasteiger charge is 2.33. The highest BCUT2D eigenvalue weighted by atomic mass is 35.5. The summed E-state index contributed by atoms with van der Waals surface area (Å²) in [7, 11) is -3.89. The molecule has 1 amide bonds. The van der Waals surface area contributed by atoms with Gasteiger partial charge >= 0.3 is 0 Å². The topological polar surface area (TPSA) is 66.5 Å². The lowest BCUT2D eigenvalue weighted by Gasteiger charge is -2.21. The Hall–Kier alpha value is -2.83. The first-order chi connectivity index (χ1) is 14.9. The fourth-order valence-corrected chi connectivity index (χ4v) is 6.47. The first-order valence-electron chi connectivity index (χ1n) is 10.2. The zero-order chi connectivity index (χ0) is 21.6. The minimum absolute atomic E-state index is 0.0506. The smallest absolute Gasteiger partial charge is 0.265 e. The molecule has 158 valence electrons. The van der Waals surface area contributed by atoms with E-state index in [-0.39, 0.29) is 27.4 Å². The Bertz CT molecular complexity index is 1290. The van der Waals surface area contributed by atoms with E-state index in [0.29, 0.717) is 18.7 Å². The predicted octanol–water partition coefficient (Wildman–Crippen LogP) is 4.51. The lowest BCUT2D eigenvalue weighted by Crippen LogP contribution is -2.30. The van der Waals surface area contributed by atoms with E-state index in [0.717, 1.165) is 24.0 Å². The molecule has 1 aliphatic heterocycles. The van der Waals surface area contributed by atoms with Gasteiger partial charge in [0.25, 0.3) is 15.9 Å². The van der Waals surface area contributed by atoms with Gasteiger partial charge < -0.3 is 5.32 Å². The highest BCUT2D eigenvalue weighted by molar-refractivity contribution is 7.93. The SMILES string of the molecule is O=C(NC1CCc2ccccc21)c1ccc(Cl)c(S(=O)(=O)N2CCc3ccccc32)c1. The molecule has 0 fully saturated rings. The van der Waals surface area contributed by atoms with Gasteiger partial charge in [-0.2, -0.15) is 0 Å². The molecule has 5 nitrogen and oxygen atoms in total. The fourth-order valence-electron chi connectivity index (χ4n) is 4.47. The molecule has 0 saturated heterocycles. The van der Waals surface area contributed by atoms with Gasteiger partial charge in [-0.25, -0.2) is 8.42 Å². The zero-order valence-corrected chi connectivity index (χ0v) is 18.3. The van der Waals surface area contributed by atoms with E-state index in [1.165, 1.54) is 22.0 Å². The van der Waals surface area contributed by atoms with Crippen molar-refractivity contribution < 1.29 is 13.2 Å². The molecule has 0 spiro atoms. The molecule has 2 aliphatic rings. The maximum Gasteiger partial charge on any atom is 0.265 e. The molecular weight excluding hydrogens is 432 g/mol. The Labute approximate surface area is 186 Å². The number of fused-ring (bicyclic) bond motifs is 2. The van der Waals surface area contributed by atoms with Crippen LogP contribution in [0.15, 0.2) is 71.6 Å². The second-order valence-electron chi connectivity index (χ2n) is 7.86. The lowest BCUT2D eigenvalue weighted by atomic mass is 10.1. The van der Waals surface area contributed by atoms with Crippen molar-refractivity contribution in [2.24, 2.45) is 0 Å². The summed E-state index contributed by atoms with van der Waals surface area (Å²) in [6, 6.07) is 19.8. The van der Waals surface area contributed by atoms with Crippen molar-refractivity contribution >= 4 is 33.2 Å². The van der Waals surface area contributed by atoms with E-state index in [1.807, 2.05) is 36.4 Å². The van der Waals surface area contributed by atoms with Gasteiger partial charge in [-0.3, -0.25) is 9.10 Å². The average Bonchev–Trinajstić information content (AvgIpc) is 3.39. The molecule has 1 N–H and O–H groups in total. The van der Waals surface area contributed by atoms with E-state index in [2.05, 4.69) is 11.4 Å². The van der Waals surface area contributed by atoms with Crippen molar-refractivity contribution in [1.29, 1.82) is 0 Å². The fraction of sp³-hybridized carbons (Fsp3) is 0.208. The summed E-state index contributed by atoms with van der Waals surface area (Å²) in [5.41, 5.74) is 4.28. The van der Waals surface area contributed by atoms with Gasteiger partial charge in [0.2, 0.25) is 0 Å². The third-order valence-corrected chi connectivity index (χ3v) is 8.34. The lowest BCUT2D eigenvalue weighted by molar-refractivity contribution is 0.0936. The molecule has 5 rings (SSSR count). The largest absolute Gasteiger partial charge is 0.345 e. The van der Waals surface area contributed by atoms with Gasteiger partial charge in [0.05, 0.1) is 16.8 Å². The van der Waals surface area contributed by atoms with Crippen LogP contribution in [-0.2, 0) is 22.9 Å². The van der Waals surface area contributed by atoms with E-state index < -0.39 is 10.0 Å². The number of aryl methyl sites for hydroxylation is 1. The van der Waals surface area contributed by atoms with Crippen LogP contribution in [0.5, 0.6) is 0 Å². The number of halogens is 1. The Morgan fingerprint density at radius 3 is 2.55 bits per heavy atom. The van der Waals surface area contributed by atoms with Crippen molar-refractivity contribution in [3.63, 3.8) is 0 Å². The number of nitrogens with zero attached hydrogens (tertiary/aromatic N) is 1. The van der Waals surface area contributed by atoms with Gasteiger partial charge in [0.1, 0.15) is 4.90 Å². The number of rotatable bonds is 4. The monoisotopic (exact) mass is 452 g/mol. The molecule has 0 saturated carbocycles. The number of hydrogen-bond acceptors (Lipinski definition) is 3. The van der Waals surface area contributed by atoms with Crippen LogP contribution in [0, 0.1) is 0 Å². The molecule has 3 aromatic rings. The minimum Gasteiger partial charge on any atom is -0.345 e. The predicted molar refractivity (Wildman–Crippen MR) is 121 cm³/mol. The summed E-state index contributed by atoms with van der Waals surface area (Å²) in [5.74, 6) is -0.309. The Morgan fingerprint density at radius 2 is 1.71 bits per heavy atom. The quantitative estimate of drug-likeness (QED) is 0.633. The van der Waals surface area contributed by atoms with Crippen LogP contribution < -0.4 is 9.62 Å². The minimum atomic E-state index is -3.89. The van der Waals surface area contributed by atoms with Crippen molar-refractivity contribution in [3.05, 3.63) is 94.0 Å². The first-order valence-corrected chi connectivity index (χ1v) is 12.1. The third kappa shape index (κ3) is 3.50. The van der Waals surface area contributed by atoms with Crippen LogP contribution in [0.4, 0.5) is 5.69 Å². The summed E-state index contributed by atoms with van der Waals surface area (Å²) in [5, 5.41) is 3.15. The molecule has 7 heteroatoms. The number of nitrogens with one attached hydrogen (secondary N) is 1. The Morgan fingerprint density at radius 1 is 0.968 bits per heavy atom. The third-order valence-electron chi connectivity index (χ3n) is 6.04. The summed E-state index contributed by atoms with van der Waals surface area (Å²) >= 11 is 6.29. The van der Waals surface area contributed by atoms with Gasteiger partial charge in [0, 0.05) is 12.1 Å². The number of sulfonamides is 1. The van der Waals surface area contributed by atoms with Crippen LogP contribution in [0.3, 0.4) is 0 Å². The maximum atomic E-state index is 13.4. The van der Waals surface area contributed by atoms with Crippen molar-refractivity contribution in [1.82, 2.24) is 5.32 Å². The number of amides is 1. The van der Waals surface area contributed by atoms with Gasteiger partial charge in [0.15, 0.2) is 0 Å². The van der Waals surface area contributed by atoms with Crippen molar-refractivity contribution in [3.8, 4) is 0 Å². The van der Waals surface area contributed by atoms with Gasteiger partial charge in [-0.15, -0.1) is 0 Å². The molecule has 0 bridgehead atoms.